The summed E-state index contributed by atoms with van der Waals surface area (Å²) in [6.45, 7) is 0.744. The summed E-state index contributed by atoms with van der Waals surface area (Å²) in [5.41, 5.74) is 5.01. The molecule has 0 spiro atoms. The Morgan fingerprint density at radius 3 is 2.62 bits per heavy atom. The summed E-state index contributed by atoms with van der Waals surface area (Å²) in [6, 6.07) is 19.4. The Kier molecular flexibility index (Phi) is 7.11. The molecule has 0 aliphatic heterocycles. The first-order valence-electron chi connectivity index (χ1n) is 11.7. The molecule has 0 saturated carbocycles. The highest BCUT2D eigenvalue weighted by Gasteiger charge is 2.21. The van der Waals surface area contributed by atoms with E-state index in [1.807, 2.05) is 42.5 Å². The van der Waals surface area contributed by atoms with Crippen molar-refractivity contribution in [1.29, 1.82) is 0 Å². The molecule has 0 aliphatic carbocycles. The third-order valence-corrected chi connectivity index (χ3v) is 6.39. The van der Waals surface area contributed by atoms with Crippen LogP contribution in [0, 0.1) is 0 Å². The van der Waals surface area contributed by atoms with Crippen molar-refractivity contribution in [1.82, 2.24) is 25.1 Å². The molecule has 9 heteroatoms. The van der Waals surface area contributed by atoms with Crippen LogP contribution in [0.1, 0.15) is 34.0 Å². The van der Waals surface area contributed by atoms with Crippen LogP contribution in [-0.2, 0) is 24.3 Å². The lowest BCUT2D eigenvalue weighted by atomic mass is 10.0. The van der Waals surface area contributed by atoms with Gasteiger partial charge >= 0.3 is 5.97 Å². The molecule has 0 fully saturated rings. The molecule has 0 amide bonds. The van der Waals surface area contributed by atoms with Gasteiger partial charge in [-0.1, -0.05) is 48.0 Å². The van der Waals surface area contributed by atoms with Crippen molar-refractivity contribution in [3.8, 4) is 0 Å². The predicted molar refractivity (Wildman–Crippen MR) is 142 cm³/mol. The van der Waals surface area contributed by atoms with E-state index in [0.29, 0.717) is 29.2 Å². The first kappa shape index (κ1) is 24.4. The Morgan fingerprint density at radius 2 is 1.84 bits per heavy atom. The predicted octanol–water partition coefficient (Wildman–Crippen LogP) is 4.33. The normalized spacial score (nSPS) is 12.0. The van der Waals surface area contributed by atoms with Crippen LogP contribution in [0.2, 0.25) is 5.02 Å². The molecule has 3 N–H and O–H groups in total. The SMILES string of the molecule is O=C(O)C(NCc1n[nH]c2ccc(Cl)cc12)c1cncc(Cc2ccc(Cn3ccccc3=O)cc2)c1. The van der Waals surface area contributed by atoms with Crippen LogP contribution in [0.25, 0.3) is 10.9 Å². The highest BCUT2D eigenvalue weighted by Crippen LogP contribution is 2.22. The van der Waals surface area contributed by atoms with E-state index in [2.05, 4.69) is 20.5 Å². The highest BCUT2D eigenvalue weighted by atomic mass is 35.5. The molecular weight excluding hydrogens is 490 g/mol. The van der Waals surface area contributed by atoms with Crippen molar-refractivity contribution in [2.75, 3.05) is 0 Å². The van der Waals surface area contributed by atoms with Gasteiger partial charge in [0.2, 0.25) is 0 Å². The lowest BCUT2D eigenvalue weighted by molar-refractivity contribution is -0.139. The van der Waals surface area contributed by atoms with Gasteiger partial charge in [0.25, 0.3) is 5.56 Å². The van der Waals surface area contributed by atoms with E-state index in [4.69, 9.17) is 11.6 Å². The number of carboxylic acids is 1. The van der Waals surface area contributed by atoms with Crippen LogP contribution in [0.15, 0.2) is 90.1 Å². The standard InChI is InChI=1S/C28H24ClN5O3/c29-22-8-9-24-23(13-22)25(33-32-24)16-31-27(28(36)37)21-12-20(14-30-15-21)11-18-4-6-19(7-5-18)17-34-10-2-1-3-26(34)35/h1-10,12-15,27,31H,11,16-17H2,(H,32,33)(H,36,37). The third-order valence-electron chi connectivity index (χ3n) is 6.16. The van der Waals surface area contributed by atoms with E-state index in [0.717, 1.165) is 27.6 Å². The number of aliphatic carboxylic acids is 1. The molecule has 3 heterocycles. The Hall–Kier alpha value is -4.27. The largest absolute Gasteiger partial charge is 0.480 e. The summed E-state index contributed by atoms with van der Waals surface area (Å²) >= 11 is 6.11. The van der Waals surface area contributed by atoms with Crippen LogP contribution in [0.4, 0.5) is 0 Å². The fraction of sp³-hybridized carbons (Fsp3) is 0.143. The minimum Gasteiger partial charge on any atom is -0.480 e. The number of hydrogen-bond acceptors (Lipinski definition) is 5. The van der Waals surface area contributed by atoms with E-state index >= 15 is 0 Å². The number of rotatable bonds is 9. The summed E-state index contributed by atoms with van der Waals surface area (Å²) in [7, 11) is 0. The minimum absolute atomic E-state index is 0.0414. The molecule has 1 unspecified atom stereocenters. The van der Waals surface area contributed by atoms with Crippen molar-refractivity contribution >= 4 is 28.5 Å². The third kappa shape index (κ3) is 5.77. The second-order valence-corrected chi connectivity index (χ2v) is 9.24. The Balaban J connectivity index is 1.28. The summed E-state index contributed by atoms with van der Waals surface area (Å²) < 4.78 is 1.65. The zero-order valence-corrected chi connectivity index (χ0v) is 20.5. The topological polar surface area (TPSA) is 113 Å². The Labute approximate surface area is 217 Å². The van der Waals surface area contributed by atoms with E-state index in [1.165, 1.54) is 0 Å². The summed E-state index contributed by atoms with van der Waals surface area (Å²) in [5, 5.41) is 21.7. The average Bonchev–Trinajstić information content (AvgIpc) is 3.29. The average molecular weight is 514 g/mol. The number of benzene rings is 2. The second-order valence-electron chi connectivity index (χ2n) is 8.80. The first-order chi connectivity index (χ1) is 18.0. The molecule has 0 radical (unpaired) electrons. The maximum Gasteiger partial charge on any atom is 0.325 e. The van der Waals surface area contributed by atoms with E-state index in [-0.39, 0.29) is 12.1 Å². The molecule has 0 aliphatic rings. The number of aromatic amines is 1. The van der Waals surface area contributed by atoms with Gasteiger partial charge in [0.15, 0.2) is 0 Å². The van der Waals surface area contributed by atoms with Crippen LogP contribution < -0.4 is 10.9 Å². The van der Waals surface area contributed by atoms with Gasteiger partial charge in [-0.15, -0.1) is 0 Å². The smallest absolute Gasteiger partial charge is 0.325 e. The van der Waals surface area contributed by atoms with Crippen LogP contribution in [0.3, 0.4) is 0 Å². The van der Waals surface area contributed by atoms with Crippen molar-refractivity contribution in [3.63, 3.8) is 0 Å². The monoisotopic (exact) mass is 513 g/mol. The van der Waals surface area contributed by atoms with Crippen LogP contribution in [0.5, 0.6) is 0 Å². The maximum absolute atomic E-state index is 12.1. The lowest BCUT2D eigenvalue weighted by Crippen LogP contribution is -2.28. The molecule has 5 aromatic rings. The zero-order valence-electron chi connectivity index (χ0n) is 19.8. The lowest BCUT2D eigenvalue weighted by Gasteiger charge is -2.15. The number of carbonyl (C=O) groups is 1. The van der Waals surface area contributed by atoms with Crippen molar-refractivity contribution in [2.24, 2.45) is 0 Å². The molecule has 0 bridgehead atoms. The second kappa shape index (κ2) is 10.8. The van der Waals surface area contributed by atoms with Gasteiger partial charge in [-0.25, -0.2) is 0 Å². The summed E-state index contributed by atoms with van der Waals surface area (Å²) in [5.74, 6) is -1.00. The van der Waals surface area contributed by atoms with E-state index in [9.17, 15) is 14.7 Å². The number of aromatic nitrogens is 4. The van der Waals surface area contributed by atoms with Gasteiger partial charge in [0, 0.05) is 41.6 Å². The van der Waals surface area contributed by atoms with Crippen molar-refractivity contribution < 1.29 is 9.90 Å². The zero-order chi connectivity index (χ0) is 25.8. The molecule has 1 atom stereocenters. The van der Waals surface area contributed by atoms with Crippen LogP contribution >= 0.6 is 11.6 Å². The number of H-pyrrole nitrogens is 1. The van der Waals surface area contributed by atoms with Crippen LogP contribution in [-0.4, -0.2) is 30.8 Å². The number of nitrogens with one attached hydrogen (secondary N) is 2. The summed E-state index contributed by atoms with van der Waals surface area (Å²) in [6.07, 6.45) is 5.67. The maximum atomic E-state index is 12.1. The van der Waals surface area contributed by atoms with Gasteiger partial charge < -0.3 is 9.67 Å². The van der Waals surface area contributed by atoms with Gasteiger partial charge in [-0.3, -0.25) is 25.0 Å². The fourth-order valence-electron chi connectivity index (χ4n) is 4.27. The van der Waals surface area contributed by atoms with E-state index < -0.39 is 12.0 Å². The van der Waals surface area contributed by atoms with Gasteiger partial charge in [-0.2, -0.15) is 5.10 Å². The molecule has 0 saturated heterocycles. The summed E-state index contributed by atoms with van der Waals surface area (Å²) in [4.78, 5) is 28.3. The number of fused-ring (bicyclic) bond motifs is 1. The quantitative estimate of drug-likeness (QED) is 0.270. The fourth-order valence-corrected chi connectivity index (χ4v) is 4.44. The highest BCUT2D eigenvalue weighted by molar-refractivity contribution is 6.31. The van der Waals surface area contributed by atoms with Crippen molar-refractivity contribution in [2.45, 2.75) is 25.6 Å². The molecule has 8 nitrogen and oxygen atoms in total. The molecule has 37 heavy (non-hydrogen) atoms. The molecule has 186 valence electrons. The molecule has 3 aromatic heterocycles. The molecule has 2 aromatic carbocycles. The van der Waals surface area contributed by atoms with Crippen molar-refractivity contribution in [3.05, 3.63) is 129 Å². The Morgan fingerprint density at radius 1 is 1.03 bits per heavy atom. The number of nitrogens with zero attached hydrogens (tertiary/aromatic N) is 3. The minimum atomic E-state index is -1.00. The number of halogens is 1. The number of carboxylic acid groups (broad SMARTS) is 1. The van der Waals surface area contributed by atoms with E-state index in [1.54, 1.807) is 47.4 Å². The first-order valence-corrected chi connectivity index (χ1v) is 12.1. The van der Waals surface area contributed by atoms with Gasteiger partial charge in [0.1, 0.15) is 6.04 Å². The number of hydrogen-bond donors (Lipinski definition) is 3. The Bertz CT molecular complexity index is 1610. The molecule has 5 rings (SSSR count). The number of pyridine rings is 2. The molecular formula is C28H24ClN5O3. The van der Waals surface area contributed by atoms with Gasteiger partial charge in [0.05, 0.1) is 17.8 Å². The van der Waals surface area contributed by atoms with Gasteiger partial charge in [-0.05, 0) is 52.9 Å².